The maximum Gasteiger partial charge on any atom is 0.416 e. The van der Waals surface area contributed by atoms with E-state index < -0.39 is 46.2 Å². The first-order valence-electron chi connectivity index (χ1n) is 8.62. The van der Waals surface area contributed by atoms with Gasteiger partial charge in [-0.2, -0.15) is 26.3 Å². The van der Waals surface area contributed by atoms with Crippen molar-refractivity contribution in [1.82, 2.24) is 10.2 Å². The zero-order chi connectivity index (χ0) is 23.4. The molecule has 0 radical (unpaired) electrons. The normalized spacial score (nSPS) is 13.0. The van der Waals surface area contributed by atoms with Crippen molar-refractivity contribution in [2.75, 3.05) is 11.9 Å². The van der Waals surface area contributed by atoms with E-state index in [2.05, 4.69) is 15.5 Å². The molecule has 1 atom stereocenters. The molecule has 0 aliphatic heterocycles. The van der Waals surface area contributed by atoms with Crippen molar-refractivity contribution in [3.05, 3.63) is 34.9 Å². The van der Waals surface area contributed by atoms with Crippen LogP contribution < -0.4 is 5.32 Å². The zero-order valence-corrected chi connectivity index (χ0v) is 17.6. The van der Waals surface area contributed by atoms with Gasteiger partial charge in [0.05, 0.1) is 17.7 Å². The minimum atomic E-state index is -5.08. The highest BCUT2D eigenvalue weighted by molar-refractivity contribution is 8.02. The van der Waals surface area contributed by atoms with E-state index in [-0.39, 0.29) is 22.1 Å². The van der Waals surface area contributed by atoms with E-state index in [0.29, 0.717) is 18.6 Å². The molecule has 6 nitrogen and oxygen atoms in total. The summed E-state index contributed by atoms with van der Waals surface area (Å²) in [6.45, 7) is 3.57. The molecule has 0 bridgehead atoms. The molecule has 1 aromatic carbocycles. The number of aromatic nitrogens is 2. The van der Waals surface area contributed by atoms with Crippen LogP contribution in [0.5, 0.6) is 0 Å². The summed E-state index contributed by atoms with van der Waals surface area (Å²) in [7, 11) is 0. The van der Waals surface area contributed by atoms with Crippen molar-refractivity contribution < 1.29 is 40.7 Å². The van der Waals surface area contributed by atoms with E-state index in [0.717, 1.165) is 23.1 Å². The van der Waals surface area contributed by atoms with Crippen molar-refractivity contribution in [1.29, 1.82) is 0 Å². The SMILES string of the molecule is CCOC(=O)C(CC)Sc1nnc(NC(=O)c2cc(C(F)(F)F)cc(C(F)(F)F)c2)s1. The number of carbonyl (C=O) groups is 2. The molecule has 14 heteroatoms. The van der Waals surface area contributed by atoms with E-state index in [4.69, 9.17) is 4.74 Å². The number of hydrogen-bond donors (Lipinski definition) is 1. The van der Waals surface area contributed by atoms with Crippen LogP contribution in [0.2, 0.25) is 0 Å². The molecule has 0 aliphatic rings. The third-order valence-electron chi connectivity index (χ3n) is 3.64. The summed E-state index contributed by atoms with van der Waals surface area (Å²) in [5.74, 6) is -1.69. The average molecular weight is 487 g/mol. The second kappa shape index (κ2) is 9.85. The molecule has 2 rings (SSSR count). The largest absolute Gasteiger partial charge is 0.465 e. The van der Waals surface area contributed by atoms with Gasteiger partial charge in [0, 0.05) is 5.56 Å². The molecule has 2 aromatic rings. The van der Waals surface area contributed by atoms with E-state index in [9.17, 15) is 35.9 Å². The lowest BCUT2D eigenvalue weighted by Gasteiger charge is -2.13. The molecule has 0 fully saturated rings. The number of amides is 1. The van der Waals surface area contributed by atoms with Crippen LogP contribution >= 0.6 is 23.1 Å². The number of anilines is 1. The molecule has 31 heavy (non-hydrogen) atoms. The molecule has 0 saturated carbocycles. The highest BCUT2D eigenvalue weighted by Crippen LogP contribution is 2.37. The molecular formula is C17H15F6N3O3S2. The third kappa shape index (κ3) is 6.82. The van der Waals surface area contributed by atoms with Gasteiger partial charge in [0.2, 0.25) is 5.13 Å². The van der Waals surface area contributed by atoms with E-state index >= 15 is 0 Å². The quantitative estimate of drug-likeness (QED) is 0.248. The fourth-order valence-corrected chi connectivity index (χ4v) is 4.13. The number of nitrogens with one attached hydrogen (secondary N) is 1. The van der Waals surface area contributed by atoms with Gasteiger partial charge in [0.1, 0.15) is 5.25 Å². The Bertz CT molecular complexity index is 914. The van der Waals surface area contributed by atoms with Crippen LogP contribution in [0, 0.1) is 0 Å². The van der Waals surface area contributed by atoms with Gasteiger partial charge in [0.25, 0.3) is 5.91 Å². The number of alkyl halides is 6. The minimum absolute atomic E-state index is 0.0727. The Morgan fingerprint density at radius 2 is 1.65 bits per heavy atom. The monoisotopic (exact) mass is 487 g/mol. The summed E-state index contributed by atoms with van der Waals surface area (Å²) in [6, 6.07) is 0.557. The summed E-state index contributed by atoms with van der Waals surface area (Å²) in [5.41, 5.74) is -4.06. The van der Waals surface area contributed by atoms with Crippen molar-refractivity contribution in [3.8, 4) is 0 Å². The second-order valence-electron chi connectivity index (χ2n) is 5.89. The highest BCUT2D eigenvalue weighted by atomic mass is 32.2. The number of rotatable bonds is 7. The Morgan fingerprint density at radius 1 is 1.06 bits per heavy atom. The summed E-state index contributed by atoms with van der Waals surface area (Å²) < 4.78 is 82.8. The predicted octanol–water partition coefficient (Wildman–Crippen LogP) is 5.26. The van der Waals surface area contributed by atoms with Crippen LogP contribution in [0.4, 0.5) is 31.5 Å². The van der Waals surface area contributed by atoms with E-state index in [1.54, 1.807) is 13.8 Å². The van der Waals surface area contributed by atoms with Gasteiger partial charge in [-0.15, -0.1) is 10.2 Å². The van der Waals surface area contributed by atoms with Gasteiger partial charge in [-0.25, -0.2) is 0 Å². The van der Waals surface area contributed by atoms with Gasteiger partial charge >= 0.3 is 18.3 Å². The maximum atomic E-state index is 12.9. The van der Waals surface area contributed by atoms with Crippen molar-refractivity contribution >= 4 is 40.1 Å². The Balaban J connectivity index is 2.21. The van der Waals surface area contributed by atoms with E-state index in [1.165, 1.54) is 0 Å². The first-order chi connectivity index (χ1) is 14.3. The first-order valence-corrected chi connectivity index (χ1v) is 10.3. The number of ether oxygens (including phenoxy) is 1. The Labute approximate surface area is 180 Å². The Kier molecular flexibility index (Phi) is 7.92. The van der Waals surface area contributed by atoms with Gasteiger partial charge in [-0.1, -0.05) is 30.0 Å². The third-order valence-corrected chi connectivity index (χ3v) is 5.91. The fourth-order valence-electron chi connectivity index (χ4n) is 2.22. The smallest absolute Gasteiger partial charge is 0.416 e. The van der Waals surface area contributed by atoms with Gasteiger partial charge in [-0.3, -0.25) is 14.9 Å². The van der Waals surface area contributed by atoms with Crippen molar-refractivity contribution in [2.24, 2.45) is 0 Å². The lowest BCUT2D eigenvalue weighted by atomic mass is 10.0. The van der Waals surface area contributed by atoms with Crippen molar-refractivity contribution in [3.63, 3.8) is 0 Å². The maximum absolute atomic E-state index is 12.9. The molecule has 1 N–H and O–H groups in total. The Hall–Kier alpha value is -2.35. The number of nitrogens with zero attached hydrogens (tertiary/aromatic N) is 2. The molecular weight excluding hydrogens is 472 g/mol. The number of halogens is 6. The zero-order valence-electron chi connectivity index (χ0n) is 15.9. The summed E-state index contributed by atoms with van der Waals surface area (Å²) in [5, 5.41) is 8.77. The summed E-state index contributed by atoms with van der Waals surface area (Å²) >= 11 is 1.82. The molecule has 1 heterocycles. The van der Waals surface area contributed by atoms with E-state index in [1.807, 2.05) is 0 Å². The average Bonchev–Trinajstić information content (AvgIpc) is 3.11. The second-order valence-corrected chi connectivity index (χ2v) is 8.32. The van der Waals surface area contributed by atoms with Gasteiger partial charge in [-0.05, 0) is 31.5 Å². The number of thioether (sulfide) groups is 1. The summed E-state index contributed by atoms with van der Waals surface area (Å²) in [4.78, 5) is 24.1. The molecule has 0 spiro atoms. The minimum Gasteiger partial charge on any atom is -0.465 e. The number of carbonyl (C=O) groups excluding carboxylic acids is 2. The highest BCUT2D eigenvalue weighted by Gasteiger charge is 2.37. The molecule has 1 amide bonds. The molecule has 0 saturated heterocycles. The summed E-state index contributed by atoms with van der Waals surface area (Å²) in [6.07, 6.45) is -9.74. The lowest BCUT2D eigenvalue weighted by molar-refractivity contribution is -0.144. The van der Waals surface area contributed by atoms with Gasteiger partial charge < -0.3 is 4.74 Å². The standard InChI is InChI=1S/C17H15F6N3O3S2/c1-3-11(13(28)29-4-2)30-15-26-25-14(31-15)24-12(27)8-5-9(16(18,19)20)7-10(6-8)17(21,22)23/h5-7,11H,3-4H2,1-2H3,(H,24,25,27). The molecule has 170 valence electrons. The van der Waals surface area contributed by atoms with Crippen LogP contribution in [-0.2, 0) is 21.9 Å². The fraction of sp³-hybridized carbons (Fsp3) is 0.412. The predicted molar refractivity (Wildman–Crippen MR) is 101 cm³/mol. The lowest BCUT2D eigenvalue weighted by Crippen LogP contribution is -2.19. The van der Waals surface area contributed by atoms with Gasteiger partial charge in [0.15, 0.2) is 4.34 Å². The number of esters is 1. The molecule has 1 unspecified atom stereocenters. The Morgan fingerprint density at radius 3 is 2.13 bits per heavy atom. The molecule has 1 aromatic heterocycles. The van der Waals surface area contributed by atoms with Crippen molar-refractivity contribution in [2.45, 2.75) is 42.2 Å². The van der Waals surface area contributed by atoms with Crippen LogP contribution in [0.25, 0.3) is 0 Å². The van der Waals surface area contributed by atoms with Crippen LogP contribution in [0.1, 0.15) is 41.8 Å². The number of benzene rings is 1. The first kappa shape index (κ1) is 24.9. The van der Waals surface area contributed by atoms with Crippen LogP contribution in [0.15, 0.2) is 22.5 Å². The topological polar surface area (TPSA) is 81.2 Å². The molecule has 0 aliphatic carbocycles. The number of hydrogen-bond acceptors (Lipinski definition) is 7. The van der Waals surface area contributed by atoms with Crippen LogP contribution in [-0.4, -0.2) is 33.9 Å². The van der Waals surface area contributed by atoms with Crippen LogP contribution in [0.3, 0.4) is 0 Å².